The Labute approximate surface area is 498 Å². The van der Waals surface area contributed by atoms with Crippen LogP contribution in [0.4, 0.5) is 34.1 Å². The second kappa shape index (κ2) is 20.1. The van der Waals surface area contributed by atoms with Crippen molar-refractivity contribution in [2.75, 3.05) is 9.80 Å². The molecule has 0 amide bonds. The lowest BCUT2D eigenvalue weighted by atomic mass is 9.78. The number of hydrogen-bond acceptors (Lipinski definition) is 2. The summed E-state index contributed by atoms with van der Waals surface area (Å²) in [5.41, 5.74) is 15.0. The molecular weight excluding hydrogens is 1020 g/mol. The molecule has 15 rings (SSSR count). The average Bonchev–Trinajstić information content (AvgIpc) is 0.709. The summed E-state index contributed by atoms with van der Waals surface area (Å²) in [6.45, 7) is 16.3. The van der Waals surface area contributed by atoms with Gasteiger partial charge in [0.2, 0.25) is 0 Å². The van der Waals surface area contributed by atoms with Crippen LogP contribution in [-0.2, 0) is 10.8 Å². The first kappa shape index (κ1) is 51.8. The van der Waals surface area contributed by atoms with Crippen molar-refractivity contribution < 1.29 is 0 Å². The molecule has 408 valence electrons. The molecule has 0 atom stereocenters. The molecule has 2 heteroatoms. The van der Waals surface area contributed by atoms with Gasteiger partial charge in [0.25, 0.3) is 0 Å². The van der Waals surface area contributed by atoms with E-state index in [4.69, 9.17) is 0 Å². The Morgan fingerprint density at radius 1 is 0.247 bits per heavy atom. The Morgan fingerprint density at radius 2 is 0.576 bits per heavy atom. The Bertz CT molecular complexity index is 5080. The molecule has 0 aromatic heterocycles. The first-order chi connectivity index (χ1) is 41.3. The maximum atomic E-state index is 2.54. The molecule has 0 aliphatic heterocycles. The number of nitrogens with zero attached hydrogens (tertiary/aromatic N) is 2. The van der Waals surface area contributed by atoms with E-state index in [9.17, 15) is 0 Å². The standard InChI is InChI=1S/C83H66N2/c1-53-29-39-63(40-30-53)85(65-43-37-57(38-44-65)34-32-55-21-13-9-14-22-55)67-48-59-46-61(83(5,6)7)50-75-77(59)73(52-67)69-26-18-28-71-79(69)81(75)70-27-17-25-68-72-51-66(47-58-45-60(82(2,3)4)49-74(76(58)72)80(71)78(68)70)84(62-23-15-10-16-24-62)64-41-35-56(36-42-64)33-31-54-19-11-8-12-20-54/h8-52H,1-7H3. The van der Waals surface area contributed by atoms with Crippen LogP contribution >= 0.6 is 0 Å². The summed E-state index contributed by atoms with van der Waals surface area (Å²) in [6.07, 6.45) is 8.78. The molecule has 0 aliphatic carbocycles. The summed E-state index contributed by atoms with van der Waals surface area (Å²) in [4.78, 5) is 4.89. The number of benzene rings is 15. The SMILES string of the molecule is Cc1ccc(N(c2ccc(C=Cc3ccccc3)cc2)c2cc3cc(C(C)(C)C)cc4c3c(c2)c2cccc3c2c4c2cccc4c5cc(N(c6ccccc6)c6ccc(C=Cc7ccccc7)cc6)cc6cc(C(C)(C)C)cc(c65)c3c42)cc1. The van der Waals surface area contributed by atoms with Gasteiger partial charge >= 0.3 is 0 Å². The van der Waals surface area contributed by atoms with E-state index in [1.807, 2.05) is 0 Å². The van der Waals surface area contributed by atoms with Crippen LogP contribution in [-0.4, -0.2) is 0 Å². The molecule has 15 aromatic rings. The molecule has 0 bridgehead atoms. The zero-order valence-corrected chi connectivity index (χ0v) is 49.4. The van der Waals surface area contributed by atoms with Gasteiger partial charge in [0.1, 0.15) is 0 Å². The maximum absolute atomic E-state index is 2.54. The smallest absolute Gasteiger partial charge is 0.0474 e. The fourth-order valence-corrected chi connectivity index (χ4v) is 13.4. The molecule has 0 heterocycles. The Kier molecular flexibility index (Phi) is 12.3. The lowest BCUT2D eigenvalue weighted by molar-refractivity contribution is 0.591. The summed E-state index contributed by atoms with van der Waals surface area (Å²) in [5.74, 6) is 0. The quantitative estimate of drug-likeness (QED) is 0.0765. The third-order valence-corrected chi connectivity index (χ3v) is 17.7. The van der Waals surface area contributed by atoms with Crippen LogP contribution in [0.15, 0.2) is 249 Å². The van der Waals surface area contributed by atoms with Crippen LogP contribution in [0.3, 0.4) is 0 Å². The predicted octanol–water partition coefficient (Wildman–Crippen LogP) is 24.0. The molecule has 0 saturated carbocycles. The van der Waals surface area contributed by atoms with Gasteiger partial charge < -0.3 is 9.80 Å². The van der Waals surface area contributed by atoms with Crippen LogP contribution in [0.5, 0.6) is 0 Å². The van der Waals surface area contributed by atoms with E-state index >= 15 is 0 Å². The van der Waals surface area contributed by atoms with Crippen LogP contribution in [0.2, 0.25) is 0 Å². The molecule has 15 aromatic carbocycles. The molecule has 2 nitrogen and oxygen atoms in total. The van der Waals surface area contributed by atoms with Crippen LogP contribution in [0.25, 0.3) is 110 Å². The lowest BCUT2D eigenvalue weighted by Crippen LogP contribution is -2.12. The molecule has 0 saturated heterocycles. The van der Waals surface area contributed by atoms with Gasteiger partial charge in [0, 0.05) is 34.1 Å². The van der Waals surface area contributed by atoms with Crippen molar-refractivity contribution in [3.05, 3.63) is 288 Å². The van der Waals surface area contributed by atoms with Crippen molar-refractivity contribution in [3.63, 3.8) is 0 Å². The summed E-state index contributed by atoms with van der Waals surface area (Å²) in [7, 11) is 0. The molecule has 0 N–H and O–H groups in total. The number of anilines is 6. The van der Waals surface area contributed by atoms with E-state index in [1.165, 1.54) is 114 Å². The van der Waals surface area contributed by atoms with Gasteiger partial charge in [-0.1, -0.05) is 235 Å². The Hall–Kier alpha value is -10.0. The minimum atomic E-state index is -0.124. The van der Waals surface area contributed by atoms with Gasteiger partial charge in [-0.2, -0.15) is 0 Å². The number of aryl methyl sites for hydroxylation is 1. The minimum Gasteiger partial charge on any atom is -0.310 e. The van der Waals surface area contributed by atoms with Gasteiger partial charge in [0.05, 0.1) is 0 Å². The van der Waals surface area contributed by atoms with Gasteiger partial charge in [-0.15, -0.1) is 0 Å². The molecule has 0 spiro atoms. The number of rotatable bonds is 10. The monoisotopic (exact) mass is 1090 g/mol. The van der Waals surface area contributed by atoms with E-state index in [0.717, 1.165) is 45.3 Å². The second-order valence-electron chi connectivity index (χ2n) is 25.4. The van der Waals surface area contributed by atoms with E-state index < -0.39 is 0 Å². The third-order valence-electron chi connectivity index (χ3n) is 17.7. The van der Waals surface area contributed by atoms with Crippen molar-refractivity contribution in [1.29, 1.82) is 0 Å². The van der Waals surface area contributed by atoms with E-state index in [1.54, 1.807) is 0 Å². The molecule has 0 unspecified atom stereocenters. The van der Waals surface area contributed by atoms with Crippen molar-refractivity contribution >= 4 is 145 Å². The predicted molar refractivity (Wildman–Crippen MR) is 371 cm³/mol. The topological polar surface area (TPSA) is 6.48 Å². The van der Waals surface area contributed by atoms with Gasteiger partial charge in [-0.05, 0) is 222 Å². The molecule has 0 radical (unpaired) electrons. The van der Waals surface area contributed by atoms with Crippen LogP contribution in [0, 0.1) is 6.92 Å². The van der Waals surface area contributed by atoms with Gasteiger partial charge in [0.15, 0.2) is 0 Å². The fraction of sp³-hybridized carbons (Fsp3) is 0.108. The number of fused-ring (bicyclic) bond motifs is 6. The van der Waals surface area contributed by atoms with Crippen molar-refractivity contribution in [2.24, 2.45) is 0 Å². The Balaban J connectivity index is 0.999. The zero-order valence-electron chi connectivity index (χ0n) is 49.4. The number of hydrogen-bond donors (Lipinski definition) is 0. The van der Waals surface area contributed by atoms with E-state index in [-0.39, 0.29) is 10.8 Å². The highest BCUT2D eigenvalue weighted by Crippen LogP contribution is 2.54. The van der Waals surface area contributed by atoms with Crippen molar-refractivity contribution in [3.8, 4) is 0 Å². The summed E-state index contributed by atoms with van der Waals surface area (Å²) < 4.78 is 0. The highest BCUT2D eigenvalue weighted by Gasteiger charge is 2.28. The summed E-state index contributed by atoms with van der Waals surface area (Å²) in [6, 6.07) is 93.2. The molecule has 0 aliphatic rings. The van der Waals surface area contributed by atoms with Crippen molar-refractivity contribution in [2.45, 2.75) is 59.3 Å². The molecular formula is C83H66N2. The molecule has 85 heavy (non-hydrogen) atoms. The summed E-state index contributed by atoms with van der Waals surface area (Å²) >= 11 is 0. The Morgan fingerprint density at radius 3 is 0.965 bits per heavy atom. The second-order valence-corrected chi connectivity index (χ2v) is 25.4. The van der Waals surface area contributed by atoms with Gasteiger partial charge in [-0.3, -0.25) is 0 Å². The number of para-hydroxylation sites is 1. The normalized spacial score (nSPS) is 12.6. The first-order valence-electron chi connectivity index (χ1n) is 30.0. The molecule has 0 fully saturated rings. The highest BCUT2D eigenvalue weighted by atomic mass is 15.1. The van der Waals surface area contributed by atoms with E-state index in [2.05, 4.69) is 331 Å². The van der Waals surface area contributed by atoms with Crippen LogP contribution in [0.1, 0.15) is 80.5 Å². The fourth-order valence-electron chi connectivity index (χ4n) is 13.4. The summed E-state index contributed by atoms with van der Waals surface area (Å²) in [5, 5.41) is 20.7. The third kappa shape index (κ3) is 9.03. The van der Waals surface area contributed by atoms with Crippen LogP contribution < -0.4 is 9.80 Å². The van der Waals surface area contributed by atoms with Crippen molar-refractivity contribution in [1.82, 2.24) is 0 Å². The largest absolute Gasteiger partial charge is 0.310 e. The maximum Gasteiger partial charge on any atom is 0.0474 e. The van der Waals surface area contributed by atoms with Gasteiger partial charge in [-0.25, -0.2) is 0 Å². The zero-order chi connectivity index (χ0) is 57.7. The average molecular weight is 1090 g/mol. The van der Waals surface area contributed by atoms with E-state index in [0.29, 0.717) is 0 Å². The highest BCUT2D eigenvalue weighted by molar-refractivity contribution is 6.48. The lowest BCUT2D eigenvalue weighted by Gasteiger charge is -2.29. The first-order valence-corrected chi connectivity index (χ1v) is 30.0. The minimum absolute atomic E-state index is 0.123.